The molecule has 3 heterocycles. The van der Waals surface area contributed by atoms with Crippen molar-refractivity contribution in [2.75, 3.05) is 31.1 Å². The number of hydrogen-bond acceptors (Lipinski definition) is 5. The number of benzene rings is 1. The number of anilines is 1. The zero-order chi connectivity index (χ0) is 21.1. The molecule has 0 atom stereocenters. The molecule has 1 aromatic carbocycles. The summed E-state index contributed by atoms with van der Waals surface area (Å²) in [7, 11) is 0. The number of rotatable bonds is 4. The highest BCUT2D eigenvalue weighted by Crippen LogP contribution is 2.17. The Hall–Kier alpha value is -3.62. The fourth-order valence-corrected chi connectivity index (χ4v) is 3.24. The van der Waals surface area contributed by atoms with Crippen molar-refractivity contribution in [2.45, 2.75) is 6.92 Å². The standard InChI is InChI=1S/C21H20F2N6O/c1-15-6-7-29(26-15)20-13-19(24-14-25-20)27-8-10-28(11-9-27)21(30)5-2-16-12-17(22)3-4-18(16)23/h2-7,12-14H,8-11H2,1H3/b5-2+. The number of carbonyl (C=O) groups is 1. The van der Waals surface area contributed by atoms with Gasteiger partial charge in [-0.15, -0.1) is 0 Å². The number of hydrogen-bond donors (Lipinski definition) is 0. The van der Waals surface area contributed by atoms with Crippen molar-refractivity contribution < 1.29 is 13.6 Å². The Bertz CT molecular complexity index is 1090. The Morgan fingerprint density at radius 3 is 2.53 bits per heavy atom. The third-order valence-electron chi connectivity index (χ3n) is 4.87. The molecule has 0 N–H and O–H groups in total. The summed E-state index contributed by atoms with van der Waals surface area (Å²) in [5.41, 5.74) is 0.942. The first-order valence-electron chi connectivity index (χ1n) is 9.51. The SMILES string of the molecule is Cc1ccn(-c2cc(N3CCN(C(=O)/C=C/c4cc(F)ccc4F)CC3)ncn2)n1. The van der Waals surface area contributed by atoms with Gasteiger partial charge in [0, 0.05) is 50.1 Å². The fraction of sp³-hybridized carbons (Fsp3) is 0.238. The molecule has 1 aliphatic heterocycles. The van der Waals surface area contributed by atoms with Crippen LogP contribution in [-0.4, -0.2) is 56.7 Å². The van der Waals surface area contributed by atoms with E-state index in [1.807, 2.05) is 25.3 Å². The van der Waals surface area contributed by atoms with Gasteiger partial charge in [-0.1, -0.05) is 0 Å². The van der Waals surface area contributed by atoms with E-state index in [-0.39, 0.29) is 11.5 Å². The average Bonchev–Trinajstić information content (AvgIpc) is 3.21. The van der Waals surface area contributed by atoms with Crippen molar-refractivity contribution in [3.63, 3.8) is 0 Å². The summed E-state index contributed by atoms with van der Waals surface area (Å²) >= 11 is 0. The van der Waals surface area contributed by atoms with E-state index in [2.05, 4.69) is 20.0 Å². The van der Waals surface area contributed by atoms with Crippen molar-refractivity contribution in [2.24, 2.45) is 0 Å². The number of piperazine rings is 1. The predicted molar refractivity (Wildman–Crippen MR) is 108 cm³/mol. The molecule has 0 radical (unpaired) electrons. The van der Waals surface area contributed by atoms with Gasteiger partial charge in [-0.05, 0) is 37.3 Å². The Labute approximate surface area is 172 Å². The van der Waals surface area contributed by atoms with Crippen molar-refractivity contribution >= 4 is 17.8 Å². The van der Waals surface area contributed by atoms with E-state index < -0.39 is 11.6 Å². The van der Waals surface area contributed by atoms with Gasteiger partial charge in [0.2, 0.25) is 5.91 Å². The van der Waals surface area contributed by atoms with Gasteiger partial charge < -0.3 is 9.80 Å². The Balaban J connectivity index is 1.38. The van der Waals surface area contributed by atoms with Crippen LogP contribution in [0.2, 0.25) is 0 Å². The number of nitrogens with zero attached hydrogens (tertiary/aromatic N) is 6. The molecule has 1 fully saturated rings. The molecule has 0 spiro atoms. The van der Waals surface area contributed by atoms with E-state index in [4.69, 9.17) is 0 Å². The van der Waals surface area contributed by atoms with Gasteiger partial charge in [-0.2, -0.15) is 5.10 Å². The van der Waals surface area contributed by atoms with Gasteiger partial charge >= 0.3 is 0 Å². The van der Waals surface area contributed by atoms with E-state index in [0.717, 1.165) is 29.7 Å². The first kappa shape index (κ1) is 19.7. The first-order valence-corrected chi connectivity index (χ1v) is 9.51. The minimum atomic E-state index is -0.572. The molecule has 0 unspecified atom stereocenters. The maximum Gasteiger partial charge on any atom is 0.246 e. The Morgan fingerprint density at radius 1 is 1.03 bits per heavy atom. The maximum atomic E-state index is 13.7. The summed E-state index contributed by atoms with van der Waals surface area (Å²) in [6, 6.07) is 6.90. The minimum absolute atomic E-state index is 0.0457. The van der Waals surface area contributed by atoms with Crippen LogP contribution in [0, 0.1) is 18.6 Å². The number of aromatic nitrogens is 4. The van der Waals surface area contributed by atoms with Gasteiger partial charge in [-0.25, -0.2) is 23.4 Å². The largest absolute Gasteiger partial charge is 0.353 e. The van der Waals surface area contributed by atoms with Crippen LogP contribution in [0.5, 0.6) is 0 Å². The van der Waals surface area contributed by atoms with Crippen LogP contribution in [0.1, 0.15) is 11.3 Å². The third-order valence-corrected chi connectivity index (χ3v) is 4.87. The maximum absolute atomic E-state index is 13.7. The van der Waals surface area contributed by atoms with Crippen LogP contribution >= 0.6 is 0 Å². The predicted octanol–water partition coefficient (Wildman–Crippen LogP) is 2.61. The molecule has 2 aromatic heterocycles. The van der Waals surface area contributed by atoms with E-state index >= 15 is 0 Å². The van der Waals surface area contributed by atoms with E-state index in [1.165, 1.54) is 18.5 Å². The zero-order valence-electron chi connectivity index (χ0n) is 16.4. The van der Waals surface area contributed by atoms with Crippen molar-refractivity contribution in [1.82, 2.24) is 24.6 Å². The average molecular weight is 410 g/mol. The lowest BCUT2D eigenvalue weighted by molar-refractivity contribution is -0.126. The Kier molecular flexibility index (Phi) is 5.51. The van der Waals surface area contributed by atoms with E-state index in [9.17, 15) is 13.6 Å². The van der Waals surface area contributed by atoms with Gasteiger partial charge in [0.25, 0.3) is 0 Å². The molecule has 3 aromatic rings. The second-order valence-corrected chi connectivity index (χ2v) is 6.95. The number of aryl methyl sites for hydroxylation is 1. The lowest BCUT2D eigenvalue weighted by Crippen LogP contribution is -2.48. The molecule has 154 valence electrons. The van der Waals surface area contributed by atoms with Gasteiger partial charge in [0.1, 0.15) is 23.8 Å². The highest BCUT2D eigenvalue weighted by atomic mass is 19.1. The molecule has 1 aliphatic rings. The normalized spacial score (nSPS) is 14.5. The van der Waals surface area contributed by atoms with Crippen LogP contribution in [0.25, 0.3) is 11.9 Å². The zero-order valence-corrected chi connectivity index (χ0v) is 16.4. The third kappa shape index (κ3) is 4.35. The summed E-state index contributed by atoms with van der Waals surface area (Å²) in [5.74, 6) is 0.0711. The molecule has 9 heteroatoms. The van der Waals surface area contributed by atoms with Gasteiger partial charge in [-0.3, -0.25) is 4.79 Å². The lowest BCUT2D eigenvalue weighted by atomic mass is 10.2. The highest BCUT2D eigenvalue weighted by Gasteiger charge is 2.21. The van der Waals surface area contributed by atoms with Crippen LogP contribution in [0.3, 0.4) is 0 Å². The number of carbonyl (C=O) groups excluding carboxylic acids is 1. The van der Waals surface area contributed by atoms with E-state index in [0.29, 0.717) is 32.0 Å². The quantitative estimate of drug-likeness (QED) is 0.619. The summed E-state index contributed by atoms with van der Waals surface area (Å²) in [6.45, 7) is 4.10. The van der Waals surface area contributed by atoms with Gasteiger partial charge in [0.15, 0.2) is 5.82 Å². The van der Waals surface area contributed by atoms with Crippen molar-refractivity contribution in [3.8, 4) is 5.82 Å². The second kappa shape index (κ2) is 8.40. The molecule has 1 amide bonds. The molecular weight excluding hydrogens is 390 g/mol. The van der Waals surface area contributed by atoms with Crippen molar-refractivity contribution in [1.29, 1.82) is 0 Å². The summed E-state index contributed by atoms with van der Waals surface area (Å²) in [4.78, 5) is 24.8. The topological polar surface area (TPSA) is 67.2 Å². The van der Waals surface area contributed by atoms with Crippen LogP contribution in [0.4, 0.5) is 14.6 Å². The molecule has 7 nitrogen and oxygen atoms in total. The van der Waals surface area contributed by atoms with Crippen molar-refractivity contribution in [3.05, 3.63) is 71.8 Å². The molecule has 4 rings (SSSR count). The summed E-state index contributed by atoms with van der Waals surface area (Å²) < 4.78 is 28.6. The minimum Gasteiger partial charge on any atom is -0.353 e. The molecule has 0 aliphatic carbocycles. The Morgan fingerprint density at radius 2 is 1.80 bits per heavy atom. The molecule has 0 saturated carbocycles. The summed E-state index contributed by atoms with van der Waals surface area (Å²) in [6.07, 6.45) is 5.91. The molecule has 1 saturated heterocycles. The second-order valence-electron chi connectivity index (χ2n) is 6.95. The molecular formula is C21H20F2N6O. The first-order chi connectivity index (χ1) is 14.5. The number of halogens is 2. The smallest absolute Gasteiger partial charge is 0.246 e. The molecule has 30 heavy (non-hydrogen) atoms. The van der Waals surface area contributed by atoms with Crippen LogP contribution < -0.4 is 4.90 Å². The van der Waals surface area contributed by atoms with Gasteiger partial charge in [0.05, 0.1) is 5.69 Å². The number of amides is 1. The van der Waals surface area contributed by atoms with Crippen LogP contribution in [0.15, 0.2) is 48.9 Å². The van der Waals surface area contributed by atoms with Crippen LogP contribution in [-0.2, 0) is 4.79 Å². The monoisotopic (exact) mass is 410 g/mol. The fourth-order valence-electron chi connectivity index (χ4n) is 3.24. The highest BCUT2D eigenvalue weighted by molar-refractivity contribution is 5.92. The molecule has 0 bridgehead atoms. The lowest BCUT2D eigenvalue weighted by Gasteiger charge is -2.35. The summed E-state index contributed by atoms with van der Waals surface area (Å²) in [5, 5.41) is 4.36. The van der Waals surface area contributed by atoms with E-state index in [1.54, 1.807) is 9.58 Å².